The van der Waals surface area contributed by atoms with Gasteiger partial charge in [-0.2, -0.15) is 0 Å². The van der Waals surface area contributed by atoms with E-state index in [4.69, 9.17) is 14.2 Å². The van der Waals surface area contributed by atoms with Gasteiger partial charge in [0.25, 0.3) is 5.43 Å². The molecule has 0 heterocycles. The van der Waals surface area contributed by atoms with Crippen molar-refractivity contribution in [2.45, 2.75) is 0 Å². The second-order valence-corrected chi connectivity index (χ2v) is 3.50. The van der Waals surface area contributed by atoms with Crippen LogP contribution in [0.4, 0.5) is 0 Å². The molecule has 1 aromatic carbocycles. The standard InChI is InChI=1S/C10H11BrO4/c1-13-7-5-4-6(11)9(14-2)10(15-3)8(7)12/h4-5H,1-3H3. The van der Waals surface area contributed by atoms with Crippen LogP contribution in [0.3, 0.4) is 0 Å². The summed E-state index contributed by atoms with van der Waals surface area (Å²) in [6, 6.07) is 3.22. The molecule has 5 heteroatoms. The average Bonchev–Trinajstić information content (AvgIpc) is 2.36. The maximum atomic E-state index is 11.8. The van der Waals surface area contributed by atoms with Crippen molar-refractivity contribution in [3.05, 3.63) is 26.8 Å². The monoisotopic (exact) mass is 274 g/mol. The highest BCUT2D eigenvalue weighted by Crippen LogP contribution is 2.32. The summed E-state index contributed by atoms with van der Waals surface area (Å²) < 4.78 is 15.6. The zero-order valence-corrected chi connectivity index (χ0v) is 10.3. The second kappa shape index (κ2) is 5.02. The molecule has 0 N–H and O–H groups in total. The Morgan fingerprint density at radius 2 is 1.60 bits per heavy atom. The molecule has 0 aromatic heterocycles. The van der Waals surface area contributed by atoms with E-state index in [0.29, 0.717) is 10.2 Å². The fourth-order valence-corrected chi connectivity index (χ4v) is 1.63. The topological polar surface area (TPSA) is 44.8 Å². The lowest BCUT2D eigenvalue weighted by atomic mass is 10.4. The van der Waals surface area contributed by atoms with Crippen LogP contribution in [0.15, 0.2) is 21.4 Å². The molecule has 1 aromatic rings. The zero-order valence-electron chi connectivity index (χ0n) is 8.67. The van der Waals surface area contributed by atoms with Gasteiger partial charge in [0.2, 0.25) is 5.75 Å². The van der Waals surface area contributed by atoms with Crippen LogP contribution < -0.4 is 19.6 Å². The molecule has 0 bridgehead atoms. The van der Waals surface area contributed by atoms with Gasteiger partial charge in [0.1, 0.15) is 0 Å². The Morgan fingerprint density at radius 3 is 2.07 bits per heavy atom. The summed E-state index contributed by atoms with van der Waals surface area (Å²) in [5, 5.41) is 0. The molecule has 0 saturated heterocycles. The lowest BCUT2D eigenvalue weighted by Gasteiger charge is -2.04. The quantitative estimate of drug-likeness (QED) is 0.844. The zero-order chi connectivity index (χ0) is 11.4. The van der Waals surface area contributed by atoms with E-state index in [9.17, 15) is 4.79 Å². The minimum atomic E-state index is -0.345. The smallest absolute Gasteiger partial charge is 0.265 e. The van der Waals surface area contributed by atoms with Crippen LogP contribution >= 0.6 is 15.9 Å². The van der Waals surface area contributed by atoms with Crippen molar-refractivity contribution >= 4 is 15.9 Å². The highest BCUT2D eigenvalue weighted by Gasteiger charge is 2.13. The number of hydrogen-bond donors (Lipinski definition) is 0. The van der Waals surface area contributed by atoms with Gasteiger partial charge >= 0.3 is 0 Å². The van der Waals surface area contributed by atoms with Gasteiger partial charge in [-0.3, -0.25) is 4.79 Å². The summed E-state index contributed by atoms with van der Waals surface area (Å²) in [5.41, 5.74) is -0.345. The third-order valence-electron chi connectivity index (χ3n) is 1.86. The molecule has 1 rings (SSSR count). The van der Waals surface area contributed by atoms with Gasteiger partial charge in [-0.25, -0.2) is 0 Å². The van der Waals surface area contributed by atoms with Crippen molar-refractivity contribution in [1.82, 2.24) is 0 Å². The Labute approximate surface area is 95.9 Å². The summed E-state index contributed by atoms with van der Waals surface area (Å²) in [7, 11) is 4.30. The molecule has 0 unspecified atom stereocenters. The average molecular weight is 275 g/mol. The third-order valence-corrected chi connectivity index (χ3v) is 2.49. The summed E-state index contributed by atoms with van der Waals surface area (Å²) in [5.74, 6) is 0.674. The van der Waals surface area contributed by atoms with E-state index < -0.39 is 0 Å². The molecule has 0 saturated carbocycles. The second-order valence-electron chi connectivity index (χ2n) is 2.65. The summed E-state index contributed by atoms with van der Waals surface area (Å²) in [6.45, 7) is 0. The van der Waals surface area contributed by atoms with Crippen molar-refractivity contribution < 1.29 is 14.2 Å². The lowest BCUT2D eigenvalue weighted by molar-refractivity contribution is 0.347. The highest BCUT2D eigenvalue weighted by molar-refractivity contribution is 9.10. The van der Waals surface area contributed by atoms with Gasteiger partial charge in [-0.1, -0.05) is 0 Å². The lowest BCUT2D eigenvalue weighted by Crippen LogP contribution is -2.06. The van der Waals surface area contributed by atoms with Gasteiger partial charge in [0, 0.05) is 0 Å². The van der Waals surface area contributed by atoms with E-state index >= 15 is 0 Å². The van der Waals surface area contributed by atoms with Crippen LogP contribution in [0, 0.1) is 0 Å². The van der Waals surface area contributed by atoms with E-state index in [1.165, 1.54) is 21.3 Å². The van der Waals surface area contributed by atoms with E-state index in [1.807, 2.05) is 0 Å². The molecular formula is C10H11BrO4. The molecule has 4 nitrogen and oxygen atoms in total. The van der Waals surface area contributed by atoms with Crippen LogP contribution in [-0.4, -0.2) is 21.3 Å². The van der Waals surface area contributed by atoms with Crippen LogP contribution in [0.5, 0.6) is 17.2 Å². The summed E-state index contributed by atoms with van der Waals surface area (Å²) in [6.07, 6.45) is 0. The normalized spacial score (nSPS) is 9.60. The van der Waals surface area contributed by atoms with Gasteiger partial charge < -0.3 is 14.2 Å². The first-order valence-corrected chi connectivity index (χ1v) is 4.93. The van der Waals surface area contributed by atoms with Crippen LogP contribution in [0.1, 0.15) is 0 Å². The number of hydrogen-bond acceptors (Lipinski definition) is 4. The number of ether oxygens (including phenoxy) is 3. The maximum absolute atomic E-state index is 11.8. The molecule has 0 aliphatic rings. The minimum absolute atomic E-state index is 0.117. The highest BCUT2D eigenvalue weighted by atomic mass is 79.9. The van der Waals surface area contributed by atoms with Gasteiger partial charge in [0.05, 0.1) is 25.8 Å². The Bertz CT molecular complexity index is 417. The van der Waals surface area contributed by atoms with E-state index in [2.05, 4.69) is 15.9 Å². The van der Waals surface area contributed by atoms with Crippen molar-refractivity contribution in [2.75, 3.05) is 21.3 Å². The molecule has 0 amide bonds. The first-order chi connectivity index (χ1) is 7.15. The summed E-state index contributed by atoms with van der Waals surface area (Å²) >= 11 is 3.28. The van der Waals surface area contributed by atoms with Gasteiger partial charge in [-0.15, -0.1) is 0 Å². The summed E-state index contributed by atoms with van der Waals surface area (Å²) in [4.78, 5) is 11.8. The molecule has 0 radical (unpaired) electrons. The molecule has 0 aliphatic carbocycles. The fourth-order valence-electron chi connectivity index (χ4n) is 1.16. The number of rotatable bonds is 3. The van der Waals surface area contributed by atoms with E-state index in [1.54, 1.807) is 12.1 Å². The van der Waals surface area contributed by atoms with Crippen molar-refractivity contribution in [1.29, 1.82) is 0 Å². The predicted molar refractivity (Wildman–Crippen MR) is 60.1 cm³/mol. The van der Waals surface area contributed by atoms with Gasteiger partial charge in [-0.05, 0) is 28.1 Å². The molecule has 0 spiro atoms. The molecule has 82 valence electrons. The predicted octanol–water partition coefficient (Wildman–Crippen LogP) is 1.84. The molecule has 0 aliphatic heterocycles. The first-order valence-electron chi connectivity index (χ1n) is 4.14. The van der Waals surface area contributed by atoms with E-state index in [-0.39, 0.29) is 16.9 Å². The Morgan fingerprint density at radius 1 is 1.00 bits per heavy atom. The van der Waals surface area contributed by atoms with Crippen LogP contribution in [0.2, 0.25) is 0 Å². The molecule has 15 heavy (non-hydrogen) atoms. The SMILES string of the molecule is COc1c(Br)ccc(OC)c(=O)c1OC. The van der Waals surface area contributed by atoms with Crippen LogP contribution in [-0.2, 0) is 0 Å². The van der Waals surface area contributed by atoms with Crippen LogP contribution in [0.25, 0.3) is 0 Å². The first kappa shape index (κ1) is 11.8. The van der Waals surface area contributed by atoms with Crippen molar-refractivity contribution in [3.63, 3.8) is 0 Å². The Balaban J connectivity index is 3.64. The number of halogens is 1. The molecule has 0 fully saturated rings. The third kappa shape index (κ3) is 2.23. The number of methoxy groups -OCH3 is 3. The van der Waals surface area contributed by atoms with Crippen molar-refractivity contribution in [3.8, 4) is 17.2 Å². The maximum Gasteiger partial charge on any atom is 0.265 e. The van der Waals surface area contributed by atoms with E-state index in [0.717, 1.165) is 0 Å². The molecule has 0 atom stereocenters. The Kier molecular flexibility index (Phi) is 3.96. The van der Waals surface area contributed by atoms with Crippen molar-refractivity contribution in [2.24, 2.45) is 0 Å². The molecular weight excluding hydrogens is 264 g/mol. The largest absolute Gasteiger partial charge is 0.493 e. The van der Waals surface area contributed by atoms with Gasteiger partial charge in [0.15, 0.2) is 11.5 Å². The Hall–Kier alpha value is -1.23. The fraction of sp³-hybridized carbons (Fsp3) is 0.300. The minimum Gasteiger partial charge on any atom is -0.493 e.